The molecule has 0 saturated heterocycles. The minimum absolute atomic E-state index is 0.0845. The summed E-state index contributed by atoms with van der Waals surface area (Å²) in [5, 5.41) is 0. The first-order valence-electron chi connectivity index (χ1n) is 6.85. The molecule has 1 aromatic carbocycles. The molecule has 2 rings (SSSR count). The number of hydrogen-bond acceptors (Lipinski definition) is 1. The number of aromatic nitrogens is 2. The lowest BCUT2D eigenvalue weighted by Crippen LogP contribution is -2.24. The van der Waals surface area contributed by atoms with Crippen LogP contribution in [0.1, 0.15) is 35.6 Å². The largest absolute Gasteiger partial charge is 0.328 e. The second-order valence-corrected chi connectivity index (χ2v) is 5.28. The molecule has 0 aliphatic carbocycles. The smallest absolute Gasteiger partial charge is 0.299 e. The van der Waals surface area contributed by atoms with Crippen molar-refractivity contribution in [3.8, 4) is 0 Å². The summed E-state index contributed by atoms with van der Waals surface area (Å²) in [6.07, 6.45) is 4.74. The standard InChI is InChI=1S/C16H22N2O/c1-5-6-17-7-8-18(16(17)19)11-15-13(3)9-12(2)10-14(15)4/h7-10H,5-6,11H2,1-4H3. The summed E-state index contributed by atoms with van der Waals surface area (Å²) in [6, 6.07) is 4.35. The molecular weight excluding hydrogens is 236 g/mol. The summed E-state index contributed by atoms with van der Waals surface area (Å²) >= 11 is 0. The first kappa shape index (κ1) is 13.7. The molecule has 0 N–H and O–H groups in total. The Morgan fingerprint density at radius 3 is 2.16 bits per heavy atom. The monoisotopic (exact) mass is 258 g/mol. The Bertz CT molecular complexity index is 611. The molecule has 0 fully saturated rings. The van der Waals surface area contributed by atoms with Crippen molar-refractivity contribution in [1.82, 2.24) is 9.13 Å². The molecule has 0 unspecified atom stereocenters. The second-order valence-electron chi connectivity index (χ2n) is 5.28. The lowest BCUT2D eigenvalue weighted by molar-refractivity contribution is 0.623. The van der Waals surface area contributed by atoms with Crippen LogP contribution in [0.4, 0.5) is 0 Å². The Morgan fingerprint density at radius 1 is 1.00 bits per heavy atom. The maximum absolute atomic E-state index is 12.2. The quantitative estimate of drug-likeness (QED) is 0.828. The van der Waals surface area contributed by atoms with Crippen LogP contribution in [0.3, 0.4) is 0 Å². The third-order valence-corrected chi connectivity index (χ3v) is 3.55. The zero-order chi connectivity index (χ0) is 14.0. The fraction of sp³-hybridized carbons (Fsp3) is 0.438. The molecule has 1 aromatic heterocycles. The van der Waals surface area contributed by atoms with E-state index in [1.807, 2.05) is 12.4 Å². The predicted octanol–water partition coefficient (Wildman–Crippen LogP) is 3.03. The predicted molar refractivity (Wildman–Crippen MR) is 78.7 cm³/mol. The number of rotatable bonds is 4. The summed E-state index contributed by atoms with van der Waals surface area (Å²) < 4.78 is 3.57. The van der Waals surface area contributed by atoms with Gasteiger partial charge < -0.3 is 0 Å². The van der Waals surface area contributed by atoms with Gasteiger partial charge in [0.15, 0.2) is 0 Å². The highest BCUT2D eigenvalue weighted by molar-refractivity contribution is 5.37. The molecule has 3 heteroatoms. The minimum atomic E-state index is 0.0845. The van der Waals surface area contributed by atoms with Crippen LogP contribution in [0.5, 0.6) is 0 Å². The van der Waals surface area contributed by atoms with Crippen molar-refractivity contribution in [2.75, 3.05) is 0 Å². The lowest BCUT2D eigenvalue weighted by Gasteiger charge is -2.11. The second kappa shape index (κ2) is 5.47. The van der Waals surface area contributed by atoms with Gasteiger partial charge in [0.2, 0.25) is 0 Å². The first-order chi connectivity index (χ1) is 9.02. The summed E-state index contributed by atoms with van der Waals surface area (Å²) in [4.78, 5) is 12.2. The maximum Gasteiger partial charge on any atom is 0.328 e. The van der Waals surface area contributed by atoms with Crippen molar-refractivity contribution in [1.29, 1.82) is 0 Å². The van der Waals surface area contributed by atoms with Gasteiger partial charge in [-0.3, -0.25) is 9.13 Å². The summed E-state index contributed by atoms with van der Waals surface area (Å²) in [7, 11) is 0. The van der Waals surface area contributed by atoms with Crippen molar-refractivity contribution in [2.24, 2.45) is 0 Å². The molecule has 0 atom stereocenters. The number of aryl methyl sites for hydroxylation is 4. The molecule has 3 nitrogen and oxygen atoms in total. The van der Waals surface area contributed by atoms with Gasteiger partial charge in [0.1, 0.15) is 0 Å². The van der Waals surface area contributed by atoms with Gasteiger partial charge in [-0.25, -0.2) is 4.79 Å². The summed E-state index contributed by atoms with van der Waals surface area (Å²) in [5.41, 5.74) is 5.12. The van der Waals surface area contributed by atoms with Crippen LogP contribution in [0, 0.1) is 20.8 Å². The molecule has 0 bridgehead atoms. The number of imidazole rings is 1. The van der Waals surface area contributed by atoms with E-state index in [-0.39, 0.29) is 5.69 Å². The molecule has 0 aliphatic heterocycles. The summed E-state index contributed by atoms with van der Waals surface area (Å²) in [5.74, 6) is 0. The van der Waals surface area contributed by atoms with Crippen molar-refractivity contribution in [3.05, 3.63) is 57.3 Å². The van der Waals surface area contributed by atoms with Gasteiger partial charge in [-0.05, 0) is 43.9 Å². The van der Waals surface area contributed by atoms with Crippen LogP contribution < -0.4 is 5.69 Å². The van der Waals surface area contributed by atoms with E-state index in [0.29, 0.717) is 6.54 Å². The normalized spacial score (nSPS) is 10.9. The van der Waals surface area contributed by atoms with Crippen LogP contribution >= 0.6 is 0 Å². The number of benzene rings is 1. The molecule has 0 radical (unpaired) electrons. The average molecular weight is 258 g/mol. The lowest BCUT2D eigenvalue weighted by atomic mass is 10.00. The molecule has 1 heterocycles. The fourth-order valence-corrected chi connectivity index (χ4v) is 2.61. The Morgan fingerprint density at radius 2 is 1.58 bits per heavy atom. The van der Waals surface area contributed by atoms with Crippen LogP contribution in [-0.4, -0.2) is 9.13 Å². The average Bonchev–Trinajstić information content (AvgIpc) is 2.66. The van der Waals surface area contributed by atoms with E-state index in [1.54, 1.807) is 9.13 Å². The molecule has 102 valence electrons. The topological polar surface area (TPSA) is 26.9 Å². The van der Waals surface area contributed by atoms with Crippen molar-refractivity contribution in [2.45, 2.75) is 47.2 Å². The van der Waals surface area contributed by atoms with Gasteiger partial charge in [-0.15, -0.1) is 0 Å². The van der Waals surface area contributed by atoms with Gasteiger partial charge in [0.05, 0.1) is 6.54 Å². The molecule has 2 aromatic rings. The maximum atomic E-state index is 12.2. The van der Waals surface area contributed by atoms with Crippen LogP contribution in [0.15, 0.2) is 29.3 Å². The number of hydrogen-bond donors (Lipinski definition) is 0. The molecule has 0 spiro atoms. The number of nitrogens with zero attached hydrogens (tertiary/aromatic N) is 2. The van der Waals surface area contributed by atoms with E-state index in [0.717, 1.165) is 13.0 Å². The zero-order valence-corrected chi connectivity index (χ0v) is 12.2. The molecule has 0 aliphatic rings. The SMILES string of the molecule is CCCn1ccn(Cc2c(C)cc(C)cc2C)c1=O. The van der Waals surface area contributed by atoms with Crippen LogP contribution in [0.2, 0.25) is 0 Å². The highest BCUT2D eigenvalue weighted by Crippen LogP contribution is 2.17. The first-order valence-corrected chi connectivity index (χ1v) is 6.85. The molecule has 19 heavy (non-hydrogen) atoms. The van der Waals surface area contributed by atoms with E-state index >= 15 is 0 Å². The van der Waals surface area contributed by atoms with Gasteiger partial charge in [-0.1, -0.05) is 24.6 Å². The van der Waals surface area contributed by atoms with Gasteiger partial charge >= 0.3 is 5.69 Å². The van der Waals surface area contributed by atoms with E-state index in [9.17, 15) is 4.79 Å². The third kappa shape index (κ3) is 2.80. The van der Waals surface area contributed by atoms with E-state index in [1.165, 1.54) is 22.3 Å². The summed E-state index contributed by atoms with van der Waals surface area (Å²) in [6.45, 7) is 9.86. The molecular formula is C16H22N2O. The highest BCUT2D eigenvalue weighted by Gasteiger charge is 2.08. The van der Waals surface area contributed by atoms with E-state index < -0.39 is 0 Å². The highest BCUT2D eigenvalue weighted by atomic mass is 16.1. The van der Waals surface area contributed by atoms with Gasteiger partial charge in [-0.2, -0.15) is 0 Å². The molecule has 0 saturated carbocycles. The molecule has 0 amide bonds. The Hall–Kier alpha value is -1.77. The Labute approximate surface area is 114 Å². The fourth-order valence-electron chi connectivity index (χ4n) is 2.61. The van der Waals surface area contributed by atoms with Crippen molar-refractivity contribution < 1.29 is 0 Å². The van der Waals surface area contributed by atoms with Gasteiger partial charge in [0, 0.05) is 18.9 Å². The van der Waals surface area contributed by atoms with Gasteiger partial charge in [0.25, 0.3) is 0 Å². The zero-order valence-electron chi connectivity index (χ0n) is 12.2. The van der Waals surface area contributed by atoms with Crippen molar-refractivity contribution in [3.63, 3.8) is 0 Å². The van der Waals surface area contributed by atoms with Crippen LogP contribution in [-0.2, 0) is 13.1 Å². The van der Waals surface area contributed by atoms with E-state index in [2.05, 4.69) is 39.8 Å². The minimum Gasteiger partial charge on any atom is -0.299 e. The Kier molecular flexibility index (Phi) is 3.93. The van der Waals surface area contributed by atoms with E-state index in [4.69, 9.17) is 0 Å². The third-order valence-electron chi connectivity index (χ3n) is 3.55. The van der Waals surface area contributed by atoms with Crippen molar-refractivity contribution >= 4 is 0 Å². The van der Waals surface area contributed by atoms with Crippen LogP contribution in [0.25, 0.3) is 0 Å². The Balaban J connectivity index is 2.34.